The minimum absolute atomic E-state index is 0.0439. The van der Waals surface area contributed by atoms with Crippen LogP contribution in [0.5, 0.6) is 0 Å². The summed E-state index contributed by atoms with van der Waals surface area (Å²) in [4.78, 5) is 33.1. The molecule has 0 radical (unpaired) electrons. The molecule has 0 unspecified atom stereocenters. The number of rotatable bonds is 10. The van der Waals surface area contributed by atoms with E-state index in [0.717, 1.165) is 29.0 Å². The number of hydrogen-bond acceptors (Lipinski definition) is 4. The minimum Gasteiger partial charge on any atom is -0.342 e. The fourth-order valence-corrected chi connectivity index (χ4v) is 4.72. The molecule has 0 spiro atoms. The largest absolute Gasteiger partial charge is 0.342 e. The molecule has 7 heteroatoms. The third-order valence-electron chi connectivity index (χ3n) is 5.64. The van der Waals surface area contributed by atoms with Gasteiger partial charge in [0.1, 0.15) is 12.4 Å². The Morgan fingerprint density at radius 2 is 1.64 bits per heavy atom. The van der Waals surface area contributed by atoms with Crippen molar-refractivity contribution in [1.29, 1.82) is 0 Å². The van der Waals surface area contributed by atoms with Gasteiger partial charge >= 0.3 is 0 Å². The van der Waals surface area contributed by atoms with E-state index in [0.29, 0.717) is 5.56 Å². The van der Waals surface area contributed by atoms with Gasteiger partial charge in [0.05, 0.1) is 17.1 Å². The molecule has 3 rings (SSSR count). The Labute approximate surface area is 200 Å². The summed E-state index contributed by atoms with van der Waals surface area (Å²) in [5.41, 5.74) is 2.33. The molecule has 0 saturated carbocycles. The molecule has 0 fully saturated rings. The van der Waals surface area contributed by atoms with Gasteiger partial charge < -0.3 is 14.8 Å². The second-order valence-corrected chi connectivity index (χ2v) is 9.69. The Morgan fingerprint density at radius 1 is 1.00 bits per heavy atom. The number of amides is 2. The molecule has 2 amide bonds. The van der Waals surface area contributed by atoms with Crippen LogP contribution in [0.3, 0.4) is 0 Å². The van der Waals surface area contributed by atoms with Crippen molar-refractivity contribution < 1.29 is 9.59 Å². The smallest absolute Gasteiger partial charge is 0.251 e. The monoisotopic (exact) mass is 466 g/mol. The number of nitrogens with zero attached hydrogens (tertiary/aromatic N) is 3. The highest BCUT2D eigenvalue weighted by molar-refractivity contribution is 7.98. The number of fused-ring (bicyclic) bond motifs is 1. The van der Waals surface area contributed by atoms with Crippen LogP contribution in [-0.2, 0) is 11.3 Å². The normalized spacial score (nSPS) is 12.3. The molecule has 1 N–H and O–H groups in total. The van der Waals surface area contributed by atoms with Gasteiger partial charge in [-0.05, 0) is 70.4 Å². The number of imidazole rings is 1. The van der Waals surface area contributed by atoms with Crippen LogP contribution in [0.25, 0.3) is 11.0 Å². The second-order valence-electron chi connectivity index (χ2n) is 8.71. The zero-order chi connectivity index (χ0) is 24.0. The minimum atomic E-state index is -0.308. The van der Waals surface area contributed by atoms with E-state index in [1.807, 2.05) is 85.9 Å². The summed E-state index contributed by atoms with van der Waals surface area (Å²) in [5, 5.41) is 3.17. The number of para-hydroxylation sites is 2. The van der Waals surface area contributed by atoms with E-state index in [9.17, 15) is 9.59 Å². The van der Waals surface area contributed by atoms with Gasteiger partial charge in [-0.25, -0.2) is 4.98 Å². The van der Waals surface area contributed by atoms with Gasteiger partial charge in [-0.2, -0.15) is 11.8 Å². The van der Waals surface area contributed by atoms with E-state index in [2.05, 4.69) is 5.32 Å². The molecule has 33 heavy (non-hydrogen) atoms. The zero-order valence-electron chi connectivity index (χ0n) is 20.1. The van der Waals surface area contributed by atoms with Crippen molar-refractivity contribution in [2.24, 2.45) is 0 Å². The fourth-order valence-electron chi connectivity index (χ4n) is 4.25. The van der Waals surface area contributed by atoms with Gasteiger partial charge in [0, 0.05) is 17.6 Å². The summed E-state index contributed by atoms with van der Waals surface area (Å²) >= 11 is 1.72. The van der Waals surface area contributed by atoms with E-state index >= 15 is 0 Å². The summed E-state index contributed by atoms with van der Waals surface area (Å²) in [6.45, 7) is 8.32. The number of hydrogen-bond donors (Lipinski definition) is 1. The van der Waals surface area contributed by atoms with E-state index < -0.39 is 0 Å². The van der Waals surface area contributed by atoms with Gasteiger partial charge in [0.15, 0.2) is 0 Å². The summed E-state index contributed by atoms with van der Waals surface area (Å²) in [5.74, 6) is 1.48. The lowest BCUT2D eigenvalue weighted by molar-refractivity contribution is -0.135. The molecule has 0 saturated heterocycles. The molecule has 176 valence electrons. The first-order valence-corrected chi connectivity index (χ1v) is 12.8. The number of aromatic nitrogens is 2. The molecule has 6 nitrogen and oxygen atoms in total. The van der Waals surface area contributed by atoms with Crippen LogP contribution in [0.15, 0.2) is 54.6 Å². The summed E-state index contributed by atoms with van der Waals surface area (Å²) in [6, 6.07) is 16.9. The molecule has 1 atom stereocenters. The molecular formula is C26H34N4O2S. The van der Waals surface area contributed by atoms with Crippen molar-refractivity contribution in [3.8, 4) is 0 Å². The quantitative estimate of drug-likeness (QED) is 0.461. The lowest BCUT2D eigenvalue weighted by Gasteiger charge is -2.31. The van der Waals surface area contributed by atoms with Crippen molar-refractivity contribution in [1.82, 2.24) is 19.8 Å². The maximum atomic E-state index is 13.4. The third kappa shape index (κ3) is 5.96. The topological polar surface area (TPSA) is 67.2 Å². The van der Waals surface area contributed by atoms with Crippen LogP contribution in [0.1, 0.15) is 56.3 Å². The standard InChI is InChI=1S/C26H34N4O2S/c1-18(2)30(19(3)4)24(31)17-29-23-14-10-9-13-21(23)27-25(29)22(15-16-33-5)28-26(32)20-11-7-6-8-12-20/h6-14,18-19,22H,15-17H2,1-5H3,(H,28,32)/t22-/m1/s1. The number of thioether (sulfide) groups is 1. The number of carbonyl (C=O) groups is 2. The molecule has 0 bridgehead atoms. The predicted molar refractivity (Wildman–Crippen MR) is 136 cm³/mol. The Morgan fingerprint density at radius 3 is 2.27 bits per heavy atom. The second kappa shape index (κ2) is 11.4. The Balaban J connectivity index is 2.01. The first kappa shape index (κ1) is 24.8. The highest BCUT2D eigenvalue weighted by atomic mass is 32.2. The van der Waals surface area contributed by atoms with Gasteiger partial charge in [-0.1, -0.05) is 30.3 Å². The molecule has 0 aliphatic carbocycles. The van der Waals surface area contributed by atoms with Crippen LogP contribution < -0.4 is 5.32 Å². The first-order valence-electron chi connectivity index (χ1n) is 11.4. The van der Waals surface area contributed by atoms with Crippen LogP contribution in [0, 0.1) is 0 Å². The average molecular weight is 467 g/mol. The highest BCUT2D eigenvalue weighted by Gasteiger charge is 2.26. The van der Waals surface area contributed by atoms with Gasteiger partial charge in [-0.3, -0.25) is 9.59 Å². The third-order valence-corrected chi connectivity index (χ3v) is 6.29. The van der Waals surface area contributed by atoms with Crippen LogP contribution >= 0.6 is 11.8 Å². The molecule has 1 heterocycles. The maximum absolute atomic E-state index is 13.4. The van der Waals surface area contributed by atoms with Crippen molar-refractivity contribution in [3.05, 3.63) is 66.0 Å². The highest BCUT2D eigenvalue weighted by Crippen LogP contribution is 2.25. The summed E-state index contributed by atoms with van der Waals surface area (Å²) < 4.78 is 1.98. The Bertz CT molecular complexity index is 1070. The average Bonchev–Trinajstić information content (AvgIpc) is 3.14. The predicted octanol–water partition coefficient (Wildman–Crippen LogP) is 4.91. The lowest BCUT2D eigenvalue weighted by atomic mass is 10.1. The van der Waals surface area contributed by atoms with Crippen molar-refractivity contribution in [3.63, 3.8) is 0 Å². The maximum Gasteiger partial charge on any atom is 0.251 e. The molecule has 0 aliphatic heterocycles. The van der Waals surface area contributed by atoms with Crippen molar-refractivity contribution in [2.75, 3.05) is 12.0 Å². The van der Waals surface area contributed by atoms with E-state index in [4.69, 9.17) is 4.98 Å². The van der Waals surface area contributed by atoms with Gasteiger partial charge in [0.25, 0.3) is 5.91 Å². The van der Waals surface area contributed by atoms with Crippen molar-refractivity contribution >= 4 is 34.6 Å². The number of nitrogens with one attached hydrogen (secondary N) is 1. The van der Waals surface area contributed by atoms with E-state index in [1.165, 1.54) is 0 Å². The van der Waals surface area contributed by atoms with Crippen LogP contribution in [0.2, 0.25) is 0 Å². The molecule has 1 aromatic heterocycles. The van der Waals surface area contributed by atoms with E-state index in [1.54, 1.807) is 23.9 Å². The van der Waals surface area contributed by atoms with Crippen LogP contribution in [0.4, 0.5) is 0 Å². The number of carbonyl (C=O) groups excluding carboxylic acids is 2. The van der Waals surface area contributed by atoms with E-state index in [-0.39, 0.29) is 36.5 Å². The molecule has 0 aliphatic rings. The van der Waals surface area contributed by atoms with Gasteiger partial charge in [0.2, 0.25) is 5.91 Å². The van der Waals surface area contributed by atoms with Gasteiger partial charge in [-0.15, -0.1) is 0 Å². The first-order chi connectivity index (χ1) is 15.8. The number of benzene rings is 2. The molecule has 2 aromatic carbocycles. The van der Waals surface area contributed by atoms with Crippen molar-refractivity contribution in [2.45, 2.75) is 58.8 Å². The zero-order valence-corrected chi connectivity index (χ0v) is 20.9. The summed E-state index contributed by atoms with van der Waals surface area (Å²) in [7, 11) is 0. The molecular weight excluding hydrogens is 432 g/mol. The Hall–Kier alpha value is -2.80. The molecule has 3 aromatic rings. The fraction of sp³-hybridized carbons (Fsp3) is 0.423. The lowest BCUT2D eigenvalue weighted by Crippen LogP contribution is -2.44. The Kier molecular flexibility index (Phi) is 8.55. The SMILES string of the molecule is CSCC[C@@H](NC(=O)c1ccccc1)c1nc2ccccc2n1CC(=O)N(C(C)C)C(C)C. The summed E-state index contributed by atoms with van der Waals surface area (Å²) in [6.07, 6.45) is 2.76. The van der Waals surface area contributed by atoms with Crippen LogP contribution in [-0.4, -0.2) is 50.4 Å².